The van der Waals surface area contributed by atoms with Crippen molar-refractivity contribution < 1.29 is 22.6 Å². The van der Waals surface area contributed by atoms with Gasteiger partial charge in [-0.25, -0.2) is 0 Å². The first-order valence-corrected chi connectivity index (χ1v) is 8.59. The first-order valence-electron chi connectivity index (χ1n) is 8.59. The molecule has 27 heavy (non-hydrogen) atoms. The van der Waals surface area contributed by atoms with E-state index in [-0.39, 0.29) is 23.3 Å². The number of aromatic nitrogens is 2. The van der Waals surface area contributed by atoms with Gasteiger partial charge in [0.25, 0.3) is 6.01 Å². The van der Waals surface area contributed by atoms with Gasteiger partial charge < -0.3 is 20.5 Å². The normalized spacial score (nSPS) is 20.1. The van der Waals surface area contributed by atoms with Crippen molar-refractivity contribution in [2.75, 3.05) is 5.73 Å². The second-order valence-corrected chi connectivity index (χ2v) is 7.68. The number of benzene rings is 1. The topological polar surface area (TPSA) is 74.3 Å². The van der Waals surface area contributed by atoms with Gasteiger partial charge in [0, 0.05) is 18.5 Å². The number of nitrogens with one attached hydrogen (secondary N) is 1. The first kappa shape index (κ1) is 19.3. The van der Waals surface area contributed by atoms with Crippen molar-refractivity contribution >= 4 is 5.82 Å². The second kappa shape index (κ2) is 6.95. The van der Waals surface area contributed by atoms with Crippen molar-refractivity contribution in [1.82, 2.24) is 14.9 Å². The Labute approximate surface area is 155 Å². The van der Waals surface area contributed by atoms with E-state index < -0.39 is 6.36 Å². The van der Waals surface area contributed by atoms with Crippen LogP contribution in [0.25, 0.3) is 0 Å². The molecule has 2 heterocycles. The third kappa shape index (κ3) is 4.85. The number of nitrogen functional groups attached to an aromatic ring is 1. The fourth-order valence-corrected chi connectivity index (χ4v) is 3.16. The van der Waals surface area contributed by atoms with Gasteiger partial charge in [0.2, 0.25) is 0 Å². The van der Waals surface area contributed by atoms with Gasteiger partial charge in [0.1, 0.15) is 17.7 Å². The smallest absolute Gasteiger partial charge is 0.459 e. The van der Waals surface area contributed by atoms with Crippen LogP contribution < -0.4 is 20.5 Å². The number of alkyl halides is 3. The predicted molar refractivity (Wildman–Crippen MR) is 94.3 cm³/mol. The zero-order chi connectivity index (χ0) is 19.8. The molecule has 9 heteroatoms. The summed E-state index contributed by atoms with van der Waals surface area (Å²) in [4.78, 5) is 4.19. The standard InChI is InChI=1S/C18H23F3N4O2/c1-17(2,3)15-13(9-25-10-14(22)24-16(25)26-15)23-8-11-4-6-12(7-5-11)27-18(19,20)21/h4-7,10,13,15,23H,8-9,22H2,1-3H3/t13-,15+/m0/s1. The summed E-state index contributed by atoms with van der Waals surface area (Å²) in [5.41, 5.74) is 6.45. The van der Waals surface area contributed by atoms with Gasteiger partial charge >= 0.3 is 6.36 Å². The third-order valence-electron chi connectivity index (χ3n) is 4.33. The highest BCUT2D eigenvalue weighted by Crippen LogP contribution is 2.32. The fraction of sp³-hybridized carbons (Fsp3) is 0.500. The van der Waals surface area contributed by atoms with Crippen LogP contribution in [0.4, 0.5) is 19.0 Å². The third-order valence-corrected chi connectivity index (χ3v) is 4.33. The second-order valence-electron chi connectivity index (χ2n) is 7.68. The number of hydrogen-bond acceptors (Lipinski definition) is 5. The van der Waals surface area contributed by atoms with Crippen LogP contribution in [-0.4, -0.2) is 28.1 Å². The monoisotopic (exact) mass is 384 g/mol. The molecule has 3 N–H and O–H groups in total. The SMILES string of the molecule is CC(C)(C)[C@@H]1Oc2nc(N)cn2C[C@@H]1NCc1ccc(OC(F)(F)F)cc1. The highest BCUT2D eigenvalue weighted by molar-refractivity contribution is 5.30. The molecule has 0 fully saturated rings. The van der Waals surface area contributed by atoms with Crippen molar-refractivity contribution in [3.05, 3.63) is 36.0 Å². The van der Waals surface area contributed by atoms with Crippen molar-refractivity contribution in [1.29, 1.82) is 0 Å². The Bertz CT molecular complexity index is 781. The molecule has 0 spiro atoms. The Morgan fingerprint density at radius 3 is 2.52 bits per heavy atom. The van der Waals surface area contributed by atoms with E-state index in [1.165, 1.54) is 12.1 Å². The van der Waals surface area contributed by atoms with Crippen LogP contribution in [0, 0.1) is 5.41 Å². The number of nitrogens with zero attached hydrogens (tertiary/aromatic N) is 2. The highest BCUT2D eigenvalue weighted by Gasteiger charge is 2.39. The van der Waals surface area contributed by atoms with Crippen LogP contribution in [-0.2, 0) is 13.1 Å². The molecule has 0 radical (unpaired) electrons. The van der Waals surface area contributed by atoms with Crippen LogP contribution in [0.5, 0.6) is 11.8 Å². The molecular formula is C18H23F3N4O2. The summed E-state index contributed by atoms with van der Waals surface area (Å²) in [5, 5.41) is 3.43. The average molecular weight is 384 g/mol. The van der Waals surface area contributed by atoms with Crippen LogP contribution in [0.15, 0.2) is 30.5 Å². The van der Waals surface area contributed by atoms with E-state index in [0.29, 0.717) is 24.9 Å². The van der Waals surface area contributed by atoms with Gasteiger partial charge in [-0.2, -0.15) is 4.98 Å². The van der Waals surface area contributed by atoms with Crippen LogP contribution in [0.3, 0.4) is 0 Å². The molecule has 0 bridgehead atoms. The number of hydrogen-bond donors (Lipinski definition) is 2. The summed E-state index contributed by atoms with van der Waals surface area (Å²) in [6.07, 6.45) is -3.10. The van der Waals surface area contributed by atoms with E-state index in [4.69, 9.17) is 10.5 Å². The molecule has 3 rings (SSSR count). The van der Waals surface area contributed by atoms with Crippen molar-refractivity contribution in [3.63, 3.8) is 0 Å². The van der Waals surface area contributed by atoms with Crippen LogP contribution >= 0.6 is 0 Å². The lowest BCUT2D eigenvalue weighted by Gasteiger charge is -2.40. The average Bonchev–Trinajstić information content (AvgIpc) is 2.90. The van der Waals surface area contributed by atoms with E-state index >= 15 is 0 Å². The molecule has 2 aromatic rings. The molecule has 0 amide bonds. The molecule has 2 atom stereocenters. The Hall–Kier alpha value is -2.42. The number of rotatable bonds is 4. The number of fused-ring (bicyclic) bond motifs is 1. The van der Waals surface area contributed by atoms with Gasteiger partial charge in [-0.05, 0) is 17.7 Å². The van der Waals surface area contributed by atoms with Gasteiger partial charge in [-0.3, -0.25) is 4.57 Å². The molecule has 0 saturated carbocycles. The van der Waals surface area contributed by atoms with Crippen molar-refractivity contribution in [2.24, 2.45) is 5.41 Å². The highest BCUT2D eigenvalue weighted by atomic mass is 19.4. The lowest BCUT2D eigenvalue weighted by molar-refractivity contribution is -0.274. The minimum absolute atomic E-state index is 0.0165. The number of imidazole rings is 1. The lowest BCUT2D eigenvalue weighted by atomic mass is 9.83. The van der Waals surface area contributed by atoms with E-state index in [2.05, 4.69) is 35.8 Å². The first-order chi connectivity index (χ1) is 12.5. The summed E-state index contributed by atoms with van der Waals surface area (Å²) >= 11 is 0. The Kier molecular flexibility index (Phi) is 4.98. The van der Waals surface area contributed by atoms with Crippen LogP contribution in [0.1, 0.15) is 26.3 Å². The molecule has 0 unspecified atom stereocenters. The molecule has 6 nitrogen and oxygen atoms in total. The number of nitrogens with two attached hydrogens (primary N) is 1. The zero-order valence-electron chi connectivity index (χ0n) is 15.4. The van der Waals surface area contributed by atoms with Gasteiger partial charge in [-0.15, -0.1) is 13.2 Å². The predicted octanol–water partition coefficient (Wildman–Crippen LogP) is 3.33. The fourth-order valence-electron chi connectivity index (χ4n) is 3.16. The van der Waals surface area contributed by atoms with Gasteiger partial charge in [-0.1, -0.05) is 32.9 Å². The summed E-state index contributed by atoms with van der Waals surface area (Å²) in [5.74, 6) is 0.164. The molecule has 0 aliphatic carbocycles. The molecule has 1 aromatic heterocycles. The minimum atomic E-state index is -4.69. The van der Waals surface area contributed by atoms with Gasteiger partial charge in [0.15, 0.2) is 0 Å². The maximum absolute atomic E-state index is 12.2. The van der Waals surface area contributed by atoms with Crippen LogP contribution in [0.2, 0.25) is 0 Å². The quantitative estimate of drug-likeness (QED) is 0.846. The van der Waals surface area contributed by atoms with E-state index in [1.807, 2.05) is 4.57 Å². The molecule has 1 aliphatic heterocycles. The lowest BCUT2D eigenvalue weighted by Crippen LogP contribution is -2.54. The summed E-state index contributed by atoms with van der Waals surface area (Å²) in [6.45, 7) is 7.36. The number of halogens is 3. The molecule has 1 aromatic carbocycles. The molecule has 1 aliphatic rings. The zero-order valence-corrected chi connectivity index (χ0v) is 15.4. The largest absolute Gasteiger partial charge is 0.573 e. The van der Waals surface area contributed by atoms with Crippen molar-refractivity contribution in [3.8, 4) is 11.8 Å². The van der Waals surface area contributed by atoms with E-state index in [9.17, 15) is 13.2 Å². The Morgan fingerprint density at radius 2 is 1.93 bits per heavy atom. The summed E-state index contributed by atoms with van der Waals surface area (Å²) < 4.78 is 48.5. The minimum Gasteiger partial charge on any atom is -0.459 e. The summed E-state index contributed by atoms with van der Waals surface area (Å²) in [6, 6.07) is 6.29. The maximum atomic E-state index is 12.2. The molecular weight excluding hydrogens is 361 g/mol. The Balaban J connectivity index is 1.68. The molecule has 0 saturated heterocycles. The Morgan fingerprint density at radius 1 is 1.26 bits per heavy atom. The van der Waals surface area contributed by atoms with Gasteiger partial charge in [0.05, 0.1) is 12.2 Å². The van der Waals surface area contributed by atoms with E-state index in [1.54, 1.807) is 18.3 Å². The number of anilines is 1. The maximum Gasteiger partial charge on any atom is 0.573 e. The summed E-state index contributed by atoms with van der Waals surface area (Å²) in [7, 11) is 0. The van der Waals surface area contributed by atoms with E-state index in [0.717, 1.165) is 5.56 Å². The van der Waals surface area contributed by atoms with Crippen molar-refractivity contribution in [2.45, 2.75) is 52.4 Å². The molecule has 148 valence electrons. The number of ether oxygens (including phenoxy) is 2.